The summed E-state index contributed by atoms with van der Waals surface area (Å²) in [6.45, 7) is 5.18. The Labute approximate surface area is 245 Å². The van der Waals surface area contributed by atoms with Crippen molar-refractivity contribution in [3.05, 3.63) is 66.0 Å². The lowest BCUT2D eigenvalue weighted by atomic mass is 10.0. The molecule has 2 saturated heterocycles. The number of carbonyl (C=O) groups is 2. The summed E-state index contributed by atoms with van der Waals surface area (Å²) in [5.74, 6) is -0.131. The van der Waals surface area contributed by atoms with E-state index in [1.54, 1.807) is 0 Å². The summed E-state index contributed by atoms with van der Waals surface area (Å²) in [5.41, 5.74) is 7.93. The number of benzene rings is 2. The Balaban J connectivity index is 1.27. The number of carbonyl (C=O) groups excluding carboxylic acids is 2. The Morgan fingerprint density at radius 2 is 1.64 bits per heavy atom. The van der Waals surface area contributed by atoms with Crippen LogP contribution in [0.15, 0.2) is 59.6 Å². The van der Waals surface area contributed by atoms with Crippen LogP contribution in [0.3, 0.4) is 0 Å². The Kier molecular flexibility index (Phi) is 8.59. The van der Waals surface area contributed by atoms with Gasteiger partial charge in [0.2, 0.25) is 0 Å². The zero-order chi connectivity index (χ0) is 29.9. The van der Waals surface area contributed by atoms with Gasteiger partial charge in [0.25, 0.3) is 11.8 Å². The van der Waals surface area contributed by atoms with E-state index in [-0.39, 0.29) is 28.4 Å². The quantitative estimate of drug-likeness (QED) is 0.353. The van der Waals surface area contributed by atoms with Gasteiger partial charge in [-0.1, -0.05) is 0 Å². The first-order valence-corrected chi connectivity index (χ1v) is 15.8. The summed E-state index contributed by atoms with van der Waals surface area (Å²) in [7, 11) is -1.21. The van der Waals surface area contributed by atoms with Crippen molar-refractivity contribution in [1.82, 2.24) is 20.2 Å². The van der Waals surface area contributed by atoms with E-state index in [1.165, 1.54) is 30.5 Å². The van der Waals surface area contributed by atoms with Gasteiger partial charge in [0.15, 0.2) is 21.3 Å². The number of hydrogen-bond donors (Lipinski definition) is 3. The van der Waals surface area contributed by atoms with Gasteiger partial charge >= 0.3 is 0 Å². The highest BCUT2D eigenvalue weighted by Crippen LogP contribution is 2.25. The van der Waals surface area contributed by atoms with Gasteiger partial charge in [-0.15, -0.1) is 0 Å². The van der Waals surface area contributed by atoms with Crippen LogP contribution in [0.5, 0.6) is 0 Å². The van der Waals surface area contributed by atoms with Gasteiger partial charge in [-0.2, -0.15) is 0 Å². The van der Waals surface area contributed by atoms with Crippen molar-refractivity contribution < 1.29 is 18.0 Å². The smallest absolute Gasteiger partial charge is 0.271 e. The molecule has 0 bridgehead atoms. The van der Waals surface area contributed by atoms with Gasteiger partial charge < -0.3 is 31.1 Å². The molecule has 42 heavy (non-hydrogen) atoms. The van der Waals surface area contributed by atoms with Crippen LogP contribution in [0.25, 0.3) is 0 Å². The number of piperidine rings is 1. The topological polar surface area (TPSA) is 154 Å². The first kappa shape index (κ1) is 29.3. The average Bonchev–Trinajstić information content (AvgIpc) is 2.97. The maximum absolute atomic E-state index is 12.9. The third-order valence-electron chi connectivity index (χ3n) is 7.62. The van der Waals surface area contributed by atoms with Crippen molar-refractivity contribution >= 4 is 44.7 Å². The minimum absolute atomic E-state index is 0.0429. The number of nitrogens with zero attached hydrogens (tertiary/aromatic N) is 5. The molecule has 2 aliphatic rings. The van der Waals surface area contributed by atoms with Gasteiger partial charge in [0, 0.05) is 68.5 Å². The molecule has 1 atom stereocenters. The van der Waals surface area contributed by atoms with Gasteiger partial charge in [-0.05, 0) is 68.4 Å². The van der Waals surface area contributed by atoms with Gasteiger partial charge in [-0.25, -0.2) is 18.4 Å². The number of sulfone groups is 1. The number of amides is 2. The lowest BCUT2D eigenvalue weighted by molar-refractivity contribution is 0.0931. The monoisotopic (exact) mass is 592 g/mol. The van der Waals surface area contributed by atoms with E-state index in [4.69, 9.17) is 10.7 Å². The second-order valence-corrected chi connectivity index (χ2v) is 12.8. The van der Waals surface area contributed by atoms with Crippen LogP contribution >= 0.6 is 0 Å². The fourth-order valence-electron chi connectivity index (χ4n) is 5.18. The number of nitrogens with one attached hydrogen (secondary N) is 2. The van der Waals surface area contributed by atoms with E-state index in [0.29, 0.717) is 24.5 Å². The minimum atomic E-state index is -3.34. The van der Waals surface area contributed by atoms with Gasteiger partial charge in [0.1, 0.15) is 5.82 Å². The highest BCUT2D eigenvalue weighted by atomic mass is 32.2. The van der Waals surface area contributed by atoms with Gasteiger partial charge in [0.05, 0.1) is 11.1 Å². The number of likely N-dealkylation sites (N-methyl/N-ethyl adjacent to an activating group) is 1. The van der Waals surface area contributed by atoms with Crippen LogP contribution in [0.4, 0.5) is 23.0 Å². The second-order valence-electron chi connectivity index (χ2n) is 10.8. The van der Waals surface area contributed by atoms with Crippen LogP contribution in [0.1, 0.15) is 33.7 Å². The average molecular weight is 593 g/mol. The third kappa shape index (κ3) is 6.97. The van der Waals surface area contributed by atoms with Crippen LogP contribution < -0.4 is 26.2 Å². The zero-order valence-electron chi connectivity index (χ0n) is 23.8. The molecule has 0 unspecified atom stereocenters. The maximum Gasteiger partial charge on any atom is 0.271 e. The molecule has 3 aromatic rings. The van der Waals surface area contributed by atoms with Gasteiger partial charge in [-0.3, -0.25) is 9.59 Å². The Morgan fingerprint density at radius 3 is 2.29 bits per heavy atom. The van der Waals surface area contributed by atoms with E-state index in [2.05, 4.69) is 32.5 Å². The molecular formula is C29H36N8O4S. The van der Waals surface area contributed by atoms with Crippen LogP contribution in [-0.2, 0) is 9.84 Å². The molecule has 5 rings (SSSR count). The number of anilines is 4. The van der Waals surface area contributed by atoms with Crippen LogP contribution in [-0.4, -0.2) is 93.7 Å². The molecule has 13 heteroatoms. The van der Waals surface area contributed by atoms with Crippen LogP contribution in [0.2, 0.25) is 0 Å². The number of primary amides is 1. The number of piperazine rings is 1. The van der Waals surface area contributed by atoms with Crippen molar-refractivity contribution in [1.29, 1.82) is 0 Å². The van der Waals surface area contributed by atoms with Crippen molar-refractivity contribution in [2.24, 2.45) is 5.73 Å². The van der Waals surface area contributed by atoms with E-state index in [1.807, 2.05) is 29.2 Å². The summed E-state index contributed by atoms with van der Waals surface area (Å²) in [6, 6.07) is 13.7. The van der Waals surface area contributed by atoms with Crippen molar-refractivity contribution in [3.63, 3.8) is 0 Å². The molecular weight excluding hydrogens is 556 g/mol. The molecule has 222 valence electrons. The summed E-state index contributed by atoms with van der Waals surface area (Å²) < 4.78 is 23.4. The number of nitrogens with two attached hydrogens (primary N) is 1. The summed E-state index contributed by atoms with van der Waals surface area (Å²) in [5, 5.41) is 6.25. The zero-order valence-corrected chi connectivity index (χ0v) is 24.6. The molecule has 2 amide bonds. The fraction of sp³-hybridized carbons (Fsp3) is 0.379. The Morgan fingerprint density at radius 1 is 0.952 bits per heavy atom. The van der Waals surface area contributed by atoms with E-state index in [0.717, 1.165) is 56.7 Å². The molecule has 0 saturated carbocycles. The molecule has 2 aromatic carbocycles. The summed E-state index contributed by atoms with van der Waals surface area (Å²) >= 11 is 0. The molecule has 1 aromatic heterocycles. The molecule has 4 N–H and O–H groups in total. The van der Waals surface area contributed by atoms with E-state index in [9.17, 15) is 18.0 Å². The first-order valence-electron chi connectivity index (χ1n) is 13.9. The molecule has 12 nitrogen and oxygen atoms in total. The first-order chi connectivity index (χ1) is 20.1. The standard InChI is InChI=1S/C29H36N8O4S/c1-35-14-16-36(17-15-35)23-9-7-21(8-10-23)32-28-26(27(30)38)31-18-25(34-28)37-13-3-4-22(19-37)33-29(39)20-5-11-24(12-6-20)42(2,40)41/h5-12,18,22H,3-4,13-17,19H2,1-2H3,(H2,30,38)(H,32,34)(H,33,39)/t22-/m1/s1. The molecule has 0 spiro atoms. The Bertz CT molecular complexity index is 1540. The molecule has 2 aliphatic heterocycles. The SMILES string of the molecule is CN1CCN(c2ccc(Nc3nc(N4CCC[C@@H](NC(=O)c5ccc(S(C)(=O)=O)cc5)C4)cnc3C(N)=O)cc2)CC1. The largest absolute Gasteiger partial charge is 0.369 e. The summed E-state index contributed by atoms with van der Waals surface area (Å²) in [4.78, 5) is 40.9. The molecule has 2 fully saturated rings. The Hall–Kier alpha value is -4.23. The van der Waals surface area contributed by atoms with Crippen molar-refractivity contribution in [2.45, 2.75) is 23.8 Å². The highest BCUT2D eigenvalue weighted by molar-refractivity contribution is 7.90. The third-order valence-corrected chi connectivity index (χ3v) is 8.75. The lowest BCUT2D eigenvalue weighted by Crippen LogP contribution is -2.48. The van der Waals surface area contributed by atoms with Crippen molar-refractivity contribution in [3.8, 4) is 0 Å². The number of rotatable bonds is 8. The fourth-order valence-corrected chi connectivity index (χ4v) is 5.81. The maximum atomic E-state index is 12.9. The normalized spacial score (nSPS) is 18.0. The number of aromatic nitrogens is 2. The second kappa shape index (κ2) is 12.3. The van der Waals surface area contributed by atoms with E-state index < -0.39 is 15.7 Å². The predicted molar refractivity (Wildman–Crippen MR) is 162 cm³/mol. The van der Waals surface area contributed by atoms with E-state index >= 15 is 0 Å². The van der Waals surface area contributed by atoms with Crippen molar-refractivity contribution in [2.75, 3.05) is 67.7 Å². The molecule has 0 aliphatic carbocycles. The molecule has 3 heterocycles. The summed E-state index contributed by atoms with van der Waals surface area (Å²) in [6.07, 6.45) is 4.24. The number of hydrogen-bond acceptors (Lipinski definition) is 10. The minimum Gasteiger partial charge on any atom is -0.369 e. The van der Waals surface area contributed by atoms with Crippen LogP contribution in [0, 0.1) is 0 Å². The lowest BCUT2D eigenvalue weighted by Gasteiger charge is -2.34. The molecule has 0 radical (unpaired) electrons. The highest BCUT2D eigenvalue weighted by Gasteiger charge is 2.25. The predicted octanol–water partition coefficient (Wildman–Crippen LogP) is 1.87.